The molecule has 17 heavy (non-hydrogen) atoms. The summed E-state index contributed by atoms with van der Waals surface area (Å²) in [4.78, 5) is 0. The van der Waals surface area contributed by atoms with Gasteiger partial charge in [-0.3, -0.25) is 0 Å². The number of rotatable bonds is 2. The molecule has 1 fully saturated rings. The Labute approximate surface area is 107 Å². The molecule has 0 spiro atoms. The van der Waals surface area contributed by atoms with Crippen molar-refractivity contribution in [3.63, 3.8) is 0 Å². The summed E-state index contributed by atoms with van der Waals surface area (Å²) in [5, 5.41) is 0.141. The highest BCUT2D eigenvalue weighted by Gasteiger charge is 2.25. The summed E-state index contributed by atoms with van der Waals surface area (Å²) in [5.41, 5.74) is 0. The first-order chi connectivity index (χ1) is 8.04. The molecule has 0 amide bonds. The molecule has 0 heterocycles. The fraction of sp³-hybridized carbons (Fsp3) is 0.571. The second kappa shape index (κ2) is 5.26. The lowest BCUT2D eigenvalue weighted by Crippen LogP contribution is -2.28. The maximum atomic E-state index is 13.3. The maximum absolute atomic E-state index is 13.3. The summed E-state index contributed by atoms with van der Waals surface area (Å²) < 4.78 is 19.1. The zero-order valence-corrected chi connectivity index (χ0v) is 11.0. The highest BCUT2D eigenvalue weighted by atomic mass is 35.5. The van der Waals surface area contributed by atoms with Gasteiger partial charge in [-0.15, -0.1) is 0 Å². The molecule has 2 atom stereocenters. The van der Waals surface area contributed by atoms with Crippen LogP contribution in [0.2, 0.25) is 5.02 Å². The molecular formula is C14H18ClFO. The zero-order chi connectivity index (χ0) is 12.4. The van der Waals surface area contributed by atoms with E-state index in [0.29, 0.717) is 17.6 Å². The van der Waals surface area contributed by atoms with E-state index in [4.69, 9.17) is 16.3 Å². The molecule has 1 nitrogen and oxygen atoms in total. The smallest absolute Gasteiger partial charge is 0.145 e. The largest absolute Gasteiger partial charge is 0.490 e. The van der Waals surface area contributed by atoms with Crippen molar-refractivity contribution >= 4 is 11.6 Å². The second-order valence-corrected chi connectivity index (χ2v) is 5.64. The average molecular weight is 257 g/mol. The normalized spacial score (nSPS) is 29.1. The molecule has 2 unspecified atom stereocenters. The molecule has 1 aromatic rings. The van der Waals surface area contributed by atoms with Crippen molar-refractivity contribution < 1.29 is 9.13 Å². The third-order valence-corrected chi connectivity index (χ3v) is 3.64. The van der Waals surface area contributed by atoms with Crippen molar-refractivity contribution in [1.29, 1.82) is 0 Å². The number of halogens is 2. The zero-order valence-electron chi connectivity index (χ0n) is 10.2. The van der Waals surface area contributed by atoms with Crippen LogP contribution >= 0.6 is 11.6 Å². The van der Waals surface area contributed by atoms with E-state index in [2.05, 4.69) is 13.8 Å². The van der Waals surface area contributed by atoms with Crippen LogP contribution in [-0.4, -0.2) is 6.10 Å². The van der Waals surface area contributed by atoms with E-state index in [1.54, 1.807) is 12.1 Å². The molecule has 0 N–H and O–H groups in total. The van der Waals surface area contributed by atoms with Gasteiger partial charge in [0.05, 0.1) is 11.1 Å². The molecular weight excluding hydrogens is 239 g/mol. The Morgan fingerprint density at radius 3 is 2.41 bits per heavy atom. The third kappa shape index (κ3) is 3.35. The van der Waals surface area contributed by atoms with Crippen molar-refractivity contribution in [2.24, 2.45) is 11.8 Å². The first-order valence-corrected chi connectivity index (χ1v) is 6.54. The highest BCUT2D eigenvalue weighted by Crippen LogP contribution is 2.32. The van der Waals surface area contributed by atoms with E-state index in [9.17, 15) is 4.39 Å². The Hall–Kier alpha value is -0.760. The van der Waals surface area contributed by atoms with Crippen LogP contribution in [0, 0.1) is 17.7 Å². The van der Waals surface area contributed by atoms with Gasteiger partial charge in [-0.25, -0.2) is 4.39 Å². The minimum Gasteiger partial charge on any atom is -0.490 e. The van der Waals surface area contributed by atoms with Crippen molar-refractivity contribution in [2.45, 2.75) is 39.2 Å². The molecule has 0 saturated heterocycles. The van der Waals surface area contributed by atoms with Crippen molar-refractivity contribution in [1.82, 2.24) is 0 Å². The van der Waals surface area contributed by atoms with Gasteiger partial charge in [0.2, 0.25) is 0 Å². The van der Waals surface area contributed by atoms with Gasteiger partial charge in [-0.2, -0.15) is 0 Å². The summed E-state index contributed by atoms with van der Waals surface area (Å²) >= 11 is 5.64. The maximum Gasteiger partial charge on any atom is 0.145 e. The fourth-order valence-corrected chi connectivity index (χ4v) is 2.83. The summed E-state index contributed by atoms with van der Waals surface area (Å²) in [6, 6.07) is 4.64. The first kappa shape index (κ1) is 12.7. The average Bonchev–Trinajstić information content (AvgIpc) is 2.22. The summed E-state index contributed by atoms with van der Waals surface area (Å²) in [6.45, 7) is 4.49. The summed E-state index contributed by atoms with van der Waals surface area (Å²) in [7, 11) is 0. The van der Waals surface area contributed by atoms with Crippen LogP contribution in [0.5, 0.6) is 5.75 Å². The van der Waals surface area contributed by atoms with Crippen LogP contribution in [-0.2, 0) is 0 Å². The predicted octanol–water partition coefficient (Wildman–Crippen LogP) is 4.68. The van der Waals surface area contributed by atoms with Gasteiger partial charge in [-0.1, -0.05) is 25.4 Å². The Balaban J connectivity index is 2.02. The third-order valence-electron chi connectivity index (χ3n) is 3.33. The van der Waals surface area contributed by atoms with Crippen molar-refractivity contribution in [3.05, 3.63) is 29.0 Å². The van der Waals surface area contributed by atoms with Gasteiger partial charge in [0.25, 0.3) is 0 Å². The van der Waals surface area contributed by atoms with E-state index >= 15 is 0 Å². The summed E-state index contributed by atoms with van der Waals surface area (Å²) in [6.07, 6.45) is 3.56. The van der Waals surface area contributed by atoms with Crippen LogP contribution in [0.3, 0.4) is 0 Å². The summed E-state index contributed by atoms with van der Waals surface area (Å²) in [5.74, 6) is 1.53. The van der Waals surface area contributed by atoms with Gasteiger partial charge in [-0.05, 0) is 43.2 Å². The van der Waals surface area contributed by atoms with Gasteiger partial charge in [0.1, 0.15) is 11.6 Å². The molecule has 0 aromatic heterocycles. The topological polar surface area (TPSA) is 9.23 Å². The lowest BCUT2D eigenvalue weighted by molar-refractivity contribution is 0.101. The minimum absolute atomic E-state index is 0.141. The van der Waals surface area contributed by atoms with Crippen LogP contribution in [0.25, 0.3) is 0 Å². The molecule has 0 bridgehead atoms. The lowest BCUT2D eigenvalue weighted by Gasteiger charge is -2.31. The highest BCUT2D eigenvalue weighted by molar-refractivity contribution is 6.30. The SMILES string of the molecule is CC1CC(C)CC(Oc2ccc(Cl)c(F)c2)C1. The molecule has 3 heteroatoms. The molecule has 0 radical (unpaired) electrons. The Bertz CT molecular complexity index is 384. The van der Waals surface area contributed by atoms with Crippen LogP contribution in [0.15, 0.2) is 18.2 Å². The van der Waals surface area contributed by atoms with Crippen LogP contribution in [0.1, 0.15) is 33.1 Å². The molecule has 1 aliphatic rings. The Morgan fingerprint density at radius 2 is 1.82 bits per heavy atom. The lowest BCUT2D eigenvalue weighted by atomic mass is 9.82. The Kier molecular flexibility index (Phi) is 3.93. The van der Waals surface area contributed by atoms with Gasteiger partial charge in [0, 0.05) is 6.07 Å². The predicted molar refractivity (Wildman–Crippen MR) is 68.0 cm³/mol. The molecule has 1 aliphatic carbocycles. The van der Waals surface area contributed by atoms with E-state index in [-0.39, 0.29) is 11.1 Å². The van der Waals surface area contributed by atoms with Crippen LogP contribution in [0.4, 0.5) is 4.39 Å². The van der Waals surface area contributed by atoms with Crippen LogP contribution < -0.4 is 4.74 Å². The molecule has 1 aromatic carbocycles. The standard InChI is InChI=1S/C14H18ClFO/c1-9-5-10(2)7-12(6-9)17-11-3-4-13(15)14(16)8-11/h3-4,8-10,12H,5-7H2,1-2H3. The second-order valence-electron chi connectivity index (χ2n) is 5.23. The van der Waals surface area contributed by atoms with E-state index in [1.165, 1.54) is 12.5 Å². The molecule has 94 valence electrons. The Morgan fingerprint density at radius 1 is 1.18 bits per heavy atom. The fourth-order valence-electron chi connectivity index (χ4n) is 2.71. The molecule has 1 saturated carbocycles. The first-order valence-electron chi connectivity index (χ1n) is 6.16. The number of benzene rings is 1. The quantitative estimate of drug-likeness (QED) is 0.746. The van der Waals surface area contributed by atoms with E-state index < -0.39 is 5.82 Å². The molecule has 2 rings (SSSR count). The number of ether oxygens (including phenoxy) is 1. The number of hydrogen-bond donors (Lipinski definition) is 0. The van der Waals surface area contributed by atoms with E-state index in [1.807, 2.05) is 0 Å². The van der Waals surface area contributed by atoms with Crippen molar-refractivity contribution in [2.75, 3.05) is 0 Å². The number of hydrogen-bond acceptors (Lipinski definition) is 1. The van der Waals surface area contributed by atoms with Crippen molar-refractivity contribution in [3.8, 4) is 5.75 Å². The van der Waals surface area contributed by atoms with Gasteiger partial charge in [0.15, 0.2) is 0 Å². The molecule has 0 aliphatic heterocycles. The van der Waals surface area contributed by atoms with Gasteiger partial charge >= 0.3 is 0 Å². The minimum atomic E-state index is -0.416. The van der Waals surface area contributed by atoms with Gasteiger partial charge < -0.3 is 4.74 Å². The van der Waals surface area contributed by atoms with E-state index in [0.717, 1.165) is 12.8 Å². The monoisotopic (exact) mass is 256 g/mol.